The molecule has 0 spiro atoms. The predicted octanol–water partition coefficient (Wildman–Crippen LogP) is 0.711. The van der Waals surface area contributed by atoms with Crippen LogP contribution in [0.5, 0.6) is 0 Å². The monoisotopic (exact) mass is 216 g/mol. The molecule has 0 heterocycles. The molecule has 15 heavy (non-hydrogen) atoms. The summed E-state index contributed by atoms with van der Waals surface area (Å²) in [6, 6.07) is 1.06. The fourth-order valence-corrected chi connectivity index (χ4v) is 0.795. The Bertz CT molecular complexity index is 424. The standard InChI is InChI=1S/C8H7F3N4/c9-5-2-7(11)6(10)1-4(5)3-14-15-8(12)13/h1-3H,(H4,12,13,15)/b14-3+. The van der Waals surface area contributed by atoms with Crippen molar-refractivity contribution in [1.82, 2.24) is 0 Å². The van der Waals surface area contributed by atoms with E-state index in [1.807, 2.05) is 0 Å². The van der Waals surface area contributed by atoms with Gasteiger partial charge >= 0.3 is 0 Å². The molecule has 0 aliphatic heterocycles. The van der Waals surface area contributed by atoms with E-state index < -0.39 is 17.5 Å². The molecule has 1 rings (SSSR count). The number of rotatable bonds is 2. The van der Waals surface area contributed by atoms with Crippen molar-refractivity contribution in [2.75, 3.05) is 0 Å². The van der Waals surface area contributed by atoms with Crippen LogP contribution in [0, 0.1) is 17.5 Å². The minimum atomic E-state index is -1.27. The molecule has 0 unspecified atom stereocenters. The molecule has 1 aromatic rings. The van der Waals surface area contributed by atoms with Gasteiger partial charge in [0, 0.05) is 11.6 Å². The molecule has 1 aromatic carbocycles. The number of hydrogen-bond donors (Lipinski definition) is 2. The highest BCUT2D eigenvalue weighted by Gasteiger charge is 2.07. The zero-order valence-electron chi connectivity index (χ0n) is 7.42. The summed E-state index contributed by atoms with van der Waals surface area (Å²) in [5, 5.41) is 6.43. The number of hydrogen-bond acceptors (Lipinski definition) is 2. The Labute approximate surface area is 83.1 Å². The number of benzene rings is 1. The maximum Gasteiger partial charge on any atom is 0.211 e. The van der Waals surface area contributed by atoms with Crippen LogP contribution in [0.3, 0.4) is 0 Å². The molecule has 0 amide bonds. The maximum atomic E-state index is 12.9. The summed E-state index contributed by atoms with van der Waals surface area (Å²) in [4.78, 5) is 0. The minimum absolute atomic E-state index is 0.251. The Balaban J connectivity index is 3.01. The van der Waals surface area contributed by atoms with Gasteiger partial charge in [-0.1, -0.05) is 0 Å². The molecule has 0 aliphatic rings. The van der Waals surface area contributed by atoms with Gasteiger partial charge in [0.05, 0.1) is 6.21 Å². The highest BCUT2D eigenvalue weighted by atomic mass is 19.2. The zero-order chi connectivity index (χ0) is 11.4. The van der Waals surface area contributed by atoms with Crippen molar-refractivity contribution in [3.63, 3.8) is 0 Å². The zero-order valence-corrected chi connectivity index (χ0v) is 7.42. The van der Waals surface area contributed by atoms with E-state index in [-0.39, 0.29) is 11.5 Å². The van der Waals surface area contributed by atoms with Gasteiger partial charge in [-0.3, -0.25) is 0 Å². The molecule has 80 valence electrons. The van der Waals surface area contributed by atoms with Crippen LogP contribution in [0.1, 0.15) is 5.56 Å². The second-order valence-electron chi connectivity index (χ2n) is 2.56. The summed E-state index contributed by atoms with van der Waals surface area (Å²) in [5.74, 6) is -3.73. The Hall–Kier alpha value is -2.05. The van der Waals surface area contributed by atoms with E-state index in [0.29, 0.717) is 12.1 Å². The highest BCUT2D eigenvalue weighted by Crippen LogP contribution is 2.11. The van der Waals surface area contributed by atoms with E-state index in [9.17, 15) is 13.2 Å². The first-order chi connectivity index (χ1) is 7.00. The quantitative estimate of drug-likeness (QED) is 0.330. The molecule has 0 radical (unpaired) electrons. The van der Waals surface area contributed by atoms with Crippen molar-refractivity contribution < 1.29 is 13.2 Å². The van der Waals surface area contributed by atoms with Crippen LogP contribution in [-0.4, -0.2) is 12.2 Å². The number of halogens is 3. The van der Waals surface area contributed by atoms with E-state index in [4.69, 9.17) is 11.5 Å². The normalized spacial score (nSPS) is 10.6. The third kappa shape index (κ3) is 2.97. The van der Waals surface area contributed by atoms with Crippen molar-refractivity contribution in [2.45, 2.75) is 0 Å². The molecule has 4 N–H and O–H groups in total. The molecule has 0 fully saturated rings. The van der Waals surface area contributed by atoms with Gasteiger partial charge in [0.1, 0.15) is 5.82 Å². The van der Waals surface area contributed by atoms with Crippen molar-refractivity contribution in [1.29, 1.82) is 0 Å². The summed E-state index contributed by atoms with van der Waals surface area (Å²) < 4.78 is 38.1. The number of guanidine groups is 1. The second kappa shape index (κ2) is 4.45. The lowest BCUT2D eigenvalue weighted by atomic mass is 10.2. The van der Waals surface area contributed by atoms with E-state index in [0.717, 1.165) is 6.21 Å². The number of nitrogens with zero attached hydrogens (tertiary/aromatic N) is 2. The second-order valence-corrected chi connectivity index (χ2v) is 2.56. The van der Waals surface area contributed by atoms with Gasteiger partial charge in [0.15, 0.2) is 11.6 Å². The van der Waals surface area contributed by atoms with Gasteiger partial charge in [-0.25, -0.2) is 13.2 Å². The Morgan fingerprint density at radius 1 is 1.07 bits per heavy atom. The third-order valence-corrected chi connectivity index (χ3v) is 1.41. The van der Waals surface area contributed by atoms with Crippen molar-refractivity contribution in [3.8, 4) is 0 Å². The molecule has 0 saturated heterocycles. The Morgan fingerprint density at radius 2 is 1.67 bits per heavy atom. The van der Waals surface area contributed by atoms with Crippen LogP contribution in [-0.2, 0) is 0 Å². The summed E-state index contributed by atoms with van der Waals surface area (Å²) in [6.07, 6.45) is 0.873. The first-order valence-corrected chi connectivity index (χ1v) is 3.77. The maximum absolute atomic E-state index is 12.9. The molecule has 0 bridgehead atoms. The molecule has 0 aliphatic carbocycles. The topological polar surface area (TPSA) is 76.8 Å². The molecule has 0 atom stereocenters. The largest absolute Gasteiger partial charge is 0.369 e. The highest BCUT2D eigenvalue weighted by molar-refractivity contribution is 5.81. The van der Waals surface area contributed by atoms with E-state index in [1.54, 1.807) is 0 Å². The van der Waals surface area contributed by atoms with Gasteiger partial charge in [-0.05, 0) is 6.07 Å². The van der Waals surface area contributed by atoms with Gasteiger partial charge in [-0.15, -0.1) is 5.10 Å². The van der Waals surface area contributed by atoms with Gasteiger partial charge in [0.25, 0.3) is 0 Å². The van der Waals surface area contributed by atoms with Crippen LogP contribution >= 0.6 is 0 Å². The summed E-state index contributed by atoms with van der Waals surface area (Å²) >= 11 is 0. The fourth-order valence-electron chi connectivity index (χ4n) is 0.795. The van der Waals surface area contributed by atoms with Crippen LogP contribution in [0.4, 0.5) is 13.2 Å². The molecule has 7 heteroatoms. The van der Waals surface area contributed by atoms with Gasteiger partial charge < -0.3 is 11.5 Å². The van der Waals surface area contributed by atoms with Crippen LogP contribution < -0.4 is 11.5 Å². The van der Waals surface area contributed by atoms with E-state index in [1.165, 1.54) is 0 Å². The number of nitrogens with two attached hydrogens (primary N) is 2. The summed E-state index contributed by atoms with van der Waals surface area (Å²) in [7, 11) is 0. The average Bonchev–Trinajstić information content (AvgIpc) is 2.13. The van der Waals surface area contributed by atoms with Crippen molar-refractivity contribution in [2.24, 2.45) is 21.7 Å². The summed E-state index contributed by atoms with van der Waals surface area (Å²) in [5.41, 5.74) is 9.62. The average molecular weight is 216 g/mol. The van der Waals surface area contributed by atoms with Crippen LogP contribution in [0.25, 0.3) is 0 Å². The molecule has 4 nitrogen and oxygen atoms in total. The SMILES string of the molecule is NC(N)=N/N=C/c1cc(F)c(F)cc1F. The van der Waals surface area contributed by atoms with Crippen LogP contribution in [0.15, 0.2) is 22.3 Å². The summed E-state index contributed by atoms with van der Waals surface area (Å²) in [6.45, 7) is 0. The van der Waals surface area contributed by atoms with Crippen LogP contribution in [0.2, 0.25) is 0 Å². The molecule has 0 saturated carbocycles. The third-order valence-electron chi connectivity index (χ3n) is 1.41. The minimum Gasteiger partial charge on any atom is -0.369 e. The lowest BCUT2D eigenvalue weighted by Gasteiger charge is -1.97. The lowest BCUT2D eigenvalue weighted by Crippen LogP contribution is -2.21. The van der Waals surface area contributed by atoms with E-state index >= 15 is 0 Å². The Morgan fingerprint density at radius 3 is 2.27 bits per heavy atom. The molecular formula is C8H7F3N4. The fraction of sp³-hybridized carbons (Fsp3) is 0. The first-order valence-electron chi connectivity index (χ1n) is 3.77. The Kier molecular flexibility index (Phi) is 3.27. The molecule has 0 aromatic heterocycles. The van der Waals surface area contributed by atoms with Crippen molar-refractivity contribution >= 4 is 12.2 Å². The molecular weight excluding hydrogens is 209 g/mol. The van der Waals surface area contributed by atoms with Gasteiger partial charge in [-0.2, -0.15) is 5.10 Å². The lowest BCUT2D eigenvalue weighted by molar-refractivity contribution is 0.494. The predicted molar refractivity (Wildman–Crippen MR) is 49.7 cm³/mol. The smallest absolute Gasteiger partial charge is 0.211 e. The first kappa shape index (κ1) is 11.0. The van der Waals surface area contributed by atoms with Crippen molar-refractivity contribution in [3.05, 3.63) is 35.1 Å². The van der Waals surface area contributed by atoms with E-state index in [2.05, 4.69) is 10.2 Å². The van der Waals surface area contributed by atoms with Gasteiger partial charge in [0.2, 0.25) is 5.96 Å².